The van der Waals surface area contributed by atoms with Crippen molar-refractivity contribution in [3.05, 3.63) is 77.6 Å². The number of pyridine rings is 1. The van der Waals surface area contributed by atoms with Crippen LogP contribution in [0.25, 0.3) is 0 Å². The van der Waals surface area contributed by atoms with E-state index in [9.17, 15) is 39.6 Å². The van der Waals surface area contributed by atoms with E-state index in [1.807, 2.05) is 0 Å². The molecule has 0 saturated heterocycles. The summed E-state index contributed by atoms with van der Waals surface area (Å²) in [5.74, 6) is -2.20. The number of alkyl halides is 6. The molecule has 0 saturated carbocycles. The molecule has 33 heavy (non-hydrogen) atoms. The van der Waals surface area contributed by atoms with Crippen LogP contribution < -0.4 is 5.32 Å². The van der Waals surface area contributed by atoms with E-state index < -0.39 is 44.4 Å². The van der Waals surface area contributed by atoms with Crippen LogP contribution in [-0.2, 0) is 28.7 Å². The molecule has 14 heteroatoms. The number of rotatable bonds is 5. The molecule has 0 spiro atoms. The molecule has 2 heterocycles. The molecule has 7 nitrogen and oxygen atoms in total. The lowest BCUT2D eigenvalue weighted by atomic mass is 10.2. The third kappa shape index (κ3) is 5.63. The first kappa shape index (κ1) is 24.1. The predicted molar refractivity (Wildman–Crippen MR) is 99.3 cm³/mol. The summed E-state index contributed by atoms with van der Waals surface area (Å²) in [4.78, 5) is 21.1. The molecule has 0 aliphatic rings. The number of nitrogens with one attached hydrogen (secondary N) is 1. The fourth-order valence-corrected chi connectivity index (χ4v) is 3.77. The van der Waals surface area contributed by atoms with Crippen LogP contribution in [-0.4, -0.2) is 29.3 Å². The molecular formula is C19H12F6N4O3S. The second-order valence-corrected chi connectivity index (χ2v) is 8.44. The van der Waals surface area contributed by atoms with Crippen molar-refractivity contribution in [2.45, 2.75) is 28.7 Å². The van der Waals surface area contributed by atoms with Gasteiger partial charge in [0.25, 0.3) is 5.91 Å². The van der Waals surface area contributed by atoms with E-state index in [2.05, 4.69) is 20.3 Å². The highest BCUT2D eigenvalue weighted by molar-refractivity contribution is 7.91. The highest BCUT2D eigenvalue weighted by atomic mass is 32.2. The summed E-state index contributed by atoms with van der Waals surface area (Å²) in [6.45, 7) is -0.219. The Morgan fingerprint density at radius 2 is 1.52 bits per heavy atom. The van der Waals surface area contributed by atoms with E-state index >= 15 is 0 Å². The maximum atomic E-state index is 12.9. The van der Waals surface area contributed by atoms with E-state index in [1.165, 1.54) is 6.07 Å². The molecule has 3 rings (SSSR count). The molecule has 0 aliphatic heterocycles. The maximum Gasteiger partial charge on any atom is 0.451 e. The number of sulfone groups is 1. The second-order valence-electron chi connectivity index (χ2n) is 6.49. The van der Waals surface area contributed by atoms with E-state index in [0.717, 1.165) is 30.5 Å². The second kappa shape index (κ2) is 8.77. The van der Waals surface area contributed by atoms with Gasteiger partial charge in [0.05, 0.1) is 33.2 Å². The van der Waals surface area contributed by atoms with E-state index in [0.29, 0.717) is 18.5 Å². The molecule has 0 fully saturated rings. The lowest BCUT2D eigenvalue weighted by Gasteiger charge is -2.10. The fourth-order valence-electron chi connectivity index (χ4n) is 2.51. The molecule has 0 radical (unpaired) electrons. The first-order chi connectivity index (χ1) is 15.3. The van der Waals surface area contributed by atoms with Crippen molar-refractivity contribution in [2.24, 2.45) is 0 Å². The Hall–Kier alpha value is -3.55. The minimum Gasteiger partial charge on any atom is -0.346 e. The summed E-state index contributed by atoms with van der Waals surface area (Å²) in [5.41, 5.74) is -1.19. The minimum absolute atomic E-state index is 0.180. The van der Waals surface area contributed by atoms with E-state index in [4.69, 9.17) is 0 Å². The fraction of sp³-hybridized carbons (Fsp3) is 0.158. The Kier molecular flexibility index (Phi) is 6.40. The highest BCUT2D eigenvalue weighted by Gasteiger charge is 2.34. The molecule has 1 aromatic carbocycles. The number of carbonyl (C=O) groups is 1. The van der Waals surface area contributed by atoms with E-state index in [1.54, 1.807) is 0 Å². The number of hydrogen-bond donors (Lipinski definition) is 1. The molecule has 174 valence electrons. The topological polar surface area (TPSA) is 102 Å². The van der Waals surface area contributed by atoms with Crippen LogP contribution in [0.2, 0.25) is 0 Å². The number of carbonyl (C=O) groups excluding carboxylic acids is 1. The summed E-state index contributed by atoms with van der Waals surface area (Å²) in [6.07, 6.45) is -7.16. The third-order valence-corrected chi connectivity index (χ3v) is 5.91. The van der Waals surface area contributed by atoms with Crippen molar-refractivity contribution in [3.8, 4) is 0 Å². The summed E-state index contributed by atoms with van der Waals surface area (Å²) in [5, 5.41) is 2.35. The molecule has 0 unspecified atom stereocenters. The zero-order chi connectivity index (χ0) is 24.4. The van der Waals surface area contributed by atoms with Crippen LogP contribution >= 0.6 is 0 Å². The summed E-state index contributed by atoms with van der Waals surface area (Å²) in [7, 11) is -4.29. The van der Waals surface area contributed by atoms with Gasteiger partial charge in [-0.2, -0.15) is 26.3 Å². The molecule has 3 aromatic rings. The third-order valence-electron chi connectivity index (χ3n) is 4.18. The Labute approximate surface area is 182 Å². The smallest absolute Gasteiger partial charge is 0.346 e. The van der Waals surface area contributed by atoms with Crippen molar-refractivity contribution in [2.75, 3.05) is 0 Å². The average Bonchev–Trinajstić information content (AvgIpc) is 2.77. The summed E-state index contributed by atoms with van der Waals surface area (Å²) >= 11 is 0. The average molecular weight is 490 g/mol. The van der Waals surface area contributed by atoms with Gasteiger partial charge in [-0.15, -0.1) is 0 Å². The van der Waals surface area contributed by atoms with Gasteiger partial charge in [-0.1, -0.05) is 6.07 Å². The van der Waals surface area contributed by atoms with Crippen molar-refractivity contribution in [1.29, 1.82) is 0 Å². The largest absolute Gasteiger partial charge is 0.451 e. The number of nitrogens with zero attached hydrogens (tertiary/aromatic N) is 3. The molecular weight excluding hydrogens is 478 g/mol. The van der Waals surface area contributed by atoms with Crippen LogP contribution in [0.3, 0.4) is 0 Å². The van der Waals surface area contributed by atoms with Gasteiger partial charge in [0, 0.05) is 18.6 Å². The van der Waals surface area contributed by atoms with Crippen LogP contribution in [0.1, 0.15) is 27.4 Å². The van der Waals surface area contributed by atoms with Crippen LogP contribution in [0.4, 0.5) is 26.3 Å². The van der Waals surface area contributed by atoms with Gasteiger partial charge in [0.1, 0.15) is 0 Å². The van der Waals surface area contributed by atoms with Gasteiger partial charge in [-0.05, 0) is 30.3 Å². The van der Waals surface area contributed by atoms with Crippen molar-refractivity contribution < 1.29 is 39.6 Å². The van der Waals surface area contributed by atoms with Gasteiger partial charge in [0.2, 0.25) is 15.7 Å². The first-order valence-electron chi connectivity index (χ1n) is 8.83. The van der Waals surface area contributed by atoms with Crippen molar-refractivity contribution in [3.63, 3.8) is 0 Å². The van der Waals surface area contributed by atoms with Gasteiger partial charge in [-0.3, -0.25) is 9.78 Å². The van der Waals surface area contributed by atoms with Crippen LogP contribution in [0.5, 0.6) is 0 Å². The molecule has 1 amide bonds. The molecule has 1 N–H and O–H groups in total. The molecule has 0 bridgehead atoms. The number of amides is 1. The Balaban J connectivity index is 1.70. The van der Waals surface area contributed by atoms with Crippen LogP contribution in [0, 0.1) is 0 Å². The SMILES string of the molecule is O=C(NCc1ccc(S(=O)(=O)c2cccc(C(F)(F)F)c2)cn1)c1cnc(C(F)(F)F)nc1. The number of benzene rings is 1. The molecule has 0 atom stereocenters. The minimum atomic E-state index is -4.75. The maximum absolute atomic E-state index is 12.9. The van der Waals surface area contributed by atoms with Gasteiger partial charge in [0.15, 0.2) is 0 Å². The molecule has 0 aliphatic carbocycles. The number of aromatic nitrogens is 3. The normalized spacial score (nSPS) is 12.4. The Morgan fingerprint density at radius 1 is 0.848 bits per heavy atom. The van der Waals surface area contributed by atoms with Gasteiger partial charge in [-0.25, -0.2) is 18.4 Å². The molecule has 2 aromatic heterocycles. The number of hydrogen-bond acceptors (Lipinski definition) is 6. The monoisotopic (exact) mass is 490 g/mol. The lowest BCUT2D eigenvalue weighted by Crippen LogP contribution is -2.24. The van der Waals surface area contributed by atoms with Gasteiger partial charge >= 0.3 is 12.4 Å². The Morgan fingerprint density at radius 3 is 2.06 bits per heavy atom. The lowest BCUT2D eigenvalue weighted by molar-refractivity contribution is -0.145. The standard InChI is InChI=1S/C19H12F6N4O3S/c20-18(21,22)12-2-1-3-14(6-12)33(31,32)15-5-4-13(26-10-15)9-27-16(30)11-7-28-17(29-8-11)19(23,24)25/h1-8,10H,9H2,(H,27,30). The van der Waals surface area contributed by atoms with E-state index in [-0.39, 0.29) is 22.7 Å². The zero-order valence-electron chi connectivity index (χ0n) is 16.1. The highest BCUT2D eigenvalue weighted by Crippen LogP contribution is 2.32. The predicted octanol–water partition coefficient (Wildman–Crippen LogP) is 3.67. The summed E-state index contributed by atoms with van der Waals surface area (Å²) in [6, 6.07) is 5.57. The number of halogens is 6. The first-order valence-corrected chi connectivity index (χ1v) is 10.3. The quantitative estimate of drug-likeness (QED) is 0.548. The van der Waals surface area contributed by atoms with Crippen molar-refractivity contribution >= 4 is 15.7 Å². The summed E-state index contributed by atoms with van der Waals surface area (Å²) < 4.78 is 101. The van der Waals surface area contributed by atoms with Crippen molar-refractivity contribution in [1.82, 2.24) is 20.3 Å². The Bertz CT molecular complexity index is 1260. The zero-order valence-corrected chi connectivity index (χ0v) is 17.0. The van der Waals surface area contributed by atoms with Crippen LogP contribution in [0.15, 0.2) is 64.8 Å². The van der Waals surface area contributed by atoms with Gasteiger partial charge < -0.3 is 5.32 Å².